The molecule has 0 aliphatic rings. The Morgan fingerprint density at radius 2 is 1.26 bits per heavy atom. The highest BCUT2D eigenvalue weighted by Gasteiger charge is 2.12. The molecule has 0 aliphatic carbocycles. The molecule has 2 aromatic rings. The Morgan fingerprint density at radius 3 is 1.79 bits per heavy atom. The Morgan fingerprint density at radius 1 is 0.789 bits per heavy atom. The zero-order valence-electron chi connectivity index (χ0n) is 9.60. The zero-order chi connectivity index (χ0) is 13.9. The third-order valence-corrected chi connectivity index (χ3v) is 4.62. The highest BCUT2D eigenvalue weighted by atomic mass is 79.9. The van der Waals surface area contributed by atoms with E-state index in [0.29, 0.717) is 5.69 Å². The molecule has 100 valence electrons. The number of anilines is 1. The molecule has 0 aromatic heterocycles. The zero-order valence-corrected chi connectivity index (χ0v) is 13.6. The first-order chi connectivity index (χ1) is 8.97. The fourth-order valence-corrected chi connectivity index (χ4v) is 2.73. The van der Waals surface area contributed by atoms with Crippen LogP contribution in [0.1, 0.15) is 0 Å². The Bertz CT molecular complexity index is 655. The van der Waals surface area contributed by atoms with Crippen LogP contribution in [-0.2, 0) is 10.0 Å². The van der Waals surface area contributed by atoms with Gasteiger partial charge in [0.2, 0.25) is 0 Å². The minimum Gasteiger partial charge on any atom is -0.308 e. The van der Waals surface area contributed by atoms with E-state index < -0.39 is 10.0 Å². The van der Waals surface area contributed by atoms with Gasteiger partial charge >= 0.3 is 0 Å². The van der Waals surface area contributed by atoms with Gasteiger partial charge in [-0.15, -0.1) is 4.83 Å². The smallest absolute Gasteiger partial charge is 0.257 e. The lowest BCUT2D eigenvalue weighted by Crippen LogP contribution is -2.29. The van der Waals surface area contributed by atoms with E-state index in [0.717, 1.165) is 8.95 Å². The SMILES string of the molecule is O=S(=O)(NNc1ccc(Br)cc1)c1ccc(Br)cc1. The second kappa shape index (κ2) is 6.04. The van der Waals surface area contributed by atoms with Crippen LogP contribution in [0, 0.1) is 0 Å². The summed E-state index contributed by atoms with van der Waals surface area (Å²) in [5.74, 6) is 0. The number of halogens is 2. The standard InChI is InChI=1S/C12H10Br2N2O2S/c13-9-1-5-11(6-2-9)15-16-19(17,18)12-7-3-10(14)4-8-12/h1-8,15-16H. The molecule has 4 nitrogen and oxygen atoms in total. The first-order valence-electron chi connectivity index (χ1n) is 5.26. The summed E-state index contributed by atoms with van der Waals surface area (Å²) in [5.41, 5.74) is 3.31. The van der Waals surface area contributed by atoms with Gasteiger partial charge in [-0.1, -0.05) is 31.9 Å². The Labute approximate surface area is 128 Å². The number of sulfonamides is 1. The van der Waals surface area contributed by atoms with Crippen LogP contribution in [0.2, 0.25) is 0 Å². The third-order valence-electron chi connectivity index (χ3n) is 2.30. The van der Waals surface area contributed by atoms with Crippen LogP contribution in [-0.4, -0.2) is 8.42 Å². The summed E-state index contributed by atoms with van der Waals surface area (Å²) in [5, 5.41) is 0. The molecular formula is C12H10Br2N2O2S. The maximum atomic E-state index is 12.0. The highest BCUT2D eigenvalue weighted by molar-refractivity contribution is 9.10. The van der Waals surface area contributed by atoms with Gasteiger partial charge in [0.25, 0.3) is 10.0 Å². The first kappa shape index (κ1) is 14.5. The molecule has 0 saturated carbocycles. The summed E-state index contributed by atoms with van der Waals surface area (Å²) >= 11 is 6.57. The molecule has 19 heavy (non-hydrogen) atoms. The van der Waals surface area contributed by atoms with Crippen LogP contribution in [0.4, 0.5) is 5.69 Å². The van der Waals surface area contributed by atoms with Gasteiger partial charge in [0.15, 0.2) is 0 Å². The summed E-state index contributed by atoms with van der Waals surface area (Å²) in [6.07, 6.45) is 0. The number of benzene rings is 2. The van der Waals surface area contributed by atoms with E-state index in [4.69, 9.17) is 0 Å². The van der Waals surface area contributed by atoms with Crippen molar-refractivity contribution in [2.45, 2.75) is 4.90 Å². The molecule has 0 amide bonds. The normalized spacial score (nSPS) is 11.3. The van der Waals surface area contributed by atoms with Gasteiger partial charge in [0.05, 0.1) is 4.90 Å². The van der Waals surface area contributed by atoms with Crippen LogP contribution in [0.5, 0.6) is 0 Å². The van der Waals surface area contributed by atoms with Gasteiger partial charge in [-0.2, -0.15) is 0 Å². The number of rotatable bonds is 4. The van der Waals surface area contributed by atoms with Gasteiger partial charge in [0.1, 0.15) is 0 Å². The lowest BCUT2D eigenvalue weighted by Gasteiger charge is -2.09. The minimum atomic E-state index is -3.58. The molecule has 0 bridgehead atoms. The van der Waals surface area contributed by atoms with Crippen molar-refractivity contribution in [1.29, 1.82) is 0 Å². The van der Waals surface area contributed by atoms with Gasteiger partial charge in [0, 0.05) is 14.6 Å². The average Bonchev–Trinajstić information content (AvgIpc) is 2.39. The molecular weight excluding hydrogens is 396 g/mol. The monoisotopic (exact) mass is 404 g/mol. The predicted octanol–water partition coefficient (Wildman–Crippen LogP) is 3.52. The summed E-state index contributed by atoms with van der Waals surface area (Å²) < 4.78 is 25.7. The molecule has 0 unspecified atom stereocenters. The van der Waals surface area contributed by atoms with E-state index >= 15 is 0 Å². The molecule has 0 fully saturated rings. The van der Waals surface area contributed by atoms with Crippen molar-refractivity contribution < 1.29 is 8.42 Å². The van der Waals surface area contributed by atoms with Crippen molar-refractivity contribution in [3.63, 3.8) is 0 Å². The fraction of sp³-hybridized carbons (Fsp3) is 0. The molecule has 0 aliphatic heterocycles. The van der Waals surface area contributed by atoms with E-state index in [1.165, 1.54) is 12.1 Å². The summed E-state index contributed by atoms with van der Waals surface area (Å²) in [6, 6.07) is 13.5. The van der Waals surface area contributed by atoms with Gasteiger partial charge < -0.3 is 5.43 Å². The fourth-order valence-electron chi connectivity index (χ4n) is 1.33. The van der Waals surface area contributed by atoms with Crippen LogP contribution in [0.3, 0.4) is 0 Å². The van der Waals surface area contributed by atoms with Crippen molar-refractivity contribution in [2.75, 3.05) is 5.43 Å². The molecule has 0 heterocycles. The Hall–Kier alpha value is -0.890. The van der Waals surface area contributed by atoms with E-state index in [2.05, 4.69) is 42.1 Å². The van der Waals surface area contributed by atoms with E-state index in [1.54, 1.807) is 24.3 Å². The molecule has 2 N–H and O–H groups in total. The van der Waals surface area contributed by atoms with Crippen LogP contribution < -0.4 is 10.3 Å². The van der Waals surface area contributed by atoms with E-state index in [-0.39, 0.29) is 4.90 Å². The number of nitrogens with one attached hydrogen (secondary N) is 2. The van der Waals surface area contributed by atoms with Crippen molar-refractivity contribution in [1.82, 2.24) is 4.83 Å². The molecule has 0 saturated heterocycles. The topological polar surface area (TPSA) is 58.2 Å². The maximum Gasteiger partial charge on any atom is 0.257 e. The first-order valence-corrected chi connectivity index (χ1v) is 8.33. The van der Waals surface area contributed by atoms with E-state index in [1.807, 2.05) is 12.1 Å². The van der Waals surface area contributed by atoms with E-state index in [9.17, 15) is 8.42 Å². The molecule has 2 rings (SSSR count). The summed E-state index contributed by atoms with van der Waals surface area (Å²) in [7, 11) is -3.58. The van der Waals surface area contributed by atoms with Crippen molar-refractivity contribution in [3.8, 4) is 0 Å². The molecule has 2 aromatic carbocycles. The summed E-state index contributed by atoms with van der Waals surface area (Å²) in [4.78, 5) is 2.52. The lowest BCUT2D eigenvalue weighted by atomic mass is 10.3. The van der Waals surface area contributed by atoms with Crippen molar-refractivity contribution >= 4 is 47.6 Å². The molecule has 0 atom stereocenters. The molecule has 7 heteroatoms. The maximum absolute atomic E-state index is 12.0. The second-order valence-electron chi connectivity index (χ2n) is 3.69. The largest absolute Gasteiger partial charge is 0.308 e. The van der Waals surface area contributed by atoms with Crippen molar-refractivity contribution in [3.05, 3.63) is 57.5 Å². The van der Waals surface area contributed by atoms with Gasteiger partial charge in [-0.25, -0.2) is 8.42 Å². The third kappa shape index (κ3) is 4.04. The predicted molar refractivity (Wildman–Crippen MR) is 82.2 cm³/mol. The average molecular weight is 406 g/mol. The van der Waals surface area contributed by atoms with Gasteiger partial charge in [-0.3, -0.25) is 0 Å². The van der Waals surface area contributed by atoms with Crippen LogP contribution >= 0.6 is 31.9 Å². The Kier molecular flexibility index (Phi) is 4.62. The number of hydrazine groups is 1. The number of hydrogen-bond donors (Lipinski definition) is 2. The highest BCUT2D eigenvalue weighted by Crippen LogP contribution is 2.16. The van der Waals surface area contributed by atoms with Crippen LogP contribution in [0.15, 0.2) is 62.4 Å². The second-order valence-corrected chi connectivity index (χ2v) is 7.21. The minimum absolute atomic E-state index is 0.195. The quantitative estimate of drug-likeness (QED) is 0.765. The molecule has 0 radical (unpaired) electrons. The van der Waals surface area contributed by atoms with Crippen molar-refractivity contribution in [2.24, 2.45) is 0 Å². The number of hydrogen-bond acceptors (Lipinski definition) is 3. The molecule has 0 spiro atoms. The van der Waals surface area contributed by atoms with Gasteiger partial charge in [-0.05, 0) is 48.5 Å². The lowest BCUT2D eigenvalue weighted by molar-refractivity contribution is 0.587. The summed E-state index contributed by atoms with van der Waals surface area (Å²) in [6.45, 7) is 0. The Balaban J connectivity index is 2.09. The van der Waals surface area contributed by atoms with Crippen LogP contribution in [0.25, 0.3) is 0 Å².